The summed E-state index contributed by atoms with van der Waals surface area (Å²) in [5, 5.41) is 0.765. The van der Waals surface area contributed by atoms with E-state index in [1.54, 1.807) is 23.9 Å². The van der Waals surface area contributed by atoms with Crippen molar-refractivity contribution in [3.05, 3.63) is 51.0 Å². The molecule has 0 N–H and O–H groups in total. The van der Waals surface area contributed by atoms with Crippen LogP contribution in [0.2, 0.25) is 0 Å². The van der Waals surface area contributed by atoms with Crippen molar-refractivity contribution in [2.24, 2.45) is 0 Å². The third-order valence-electron chi connectivity index (χ3n) is 2.96. The van der Waals surface area contributed by atoms with Gasteiger partial charge in [0, 0.05) is 17.1 Å². The highest BCUT2D eigenvalue weighted by Gasteiger charge is 2.06. The molecular formula is C14H14BrFN2S. The zero-order chi connectivity index (χ0) is 14.0. The van der Waals surface area contributed by atoms with Crippen molar-refractivity contribution in [3.63, 3.8) is 0 Å². The van der Waals surface area contributed by atoms with E-state index < -0.39 is 0 Å². The lowest BCUT2D eigenvalue weighted by Crippen LogP contribution is -1.98. The first-order chi connectivity index (χ1) is 8.97. The molecule has 5 heteroatoms. The fourth-order valence-electron chi connectivity index (χ4n) is 1.58. The maximum absolute atomic E-state index is 13.1. The van der Waals surface area contributed by atoms with E-state index in [-0.39, 0.29) is 5.82 Å². The van der Waals surface area contributed by atoms with Crippen LogP contribution in [0.25, 0.3) is 0 Å². The van der Waals surface area contributed by atoms with Gasteiger partial charge in [-0.25, -0.2) is 14.4 Å². The van der Waals surface area contributed by atoms with Crippen molar-refractivity contribution in [3.8, 4) is 0 Å². The summed E-state index contributed by atoms with van der Waals surface area (Å²) in [6.45, 7) is 6.00. The van der Waals surface area contributed by atoms with Crippen LogP contribution in [-0.4, -0.2) is 9.97 Å². The molecule has 0 aliphatic carbocycles. The molecule has 0 spiro atoms. The SMILES string of the molecule is Cc1nc(SCc2ccc(F)c(Br)c2)nc(C)c1C. The summed E-state index contributed by atoms with van der Waals surface area (Å²) in [4.78, 5) is 8.91. The van der Waals surface area contributed by atoms with E-state index in [1.165, 1.54) is 6.07 Å². The van der Waals surface area contributed by atoms with Crippen molar-refractivity contribution in [2.45, 2.75) is 31.7 Å². The van der Waals surface area contributed by atoms with Crippen molar-refractivity contribution in [2.75, 3.05) is 0 Å². The van der Waals surface area contributed by atoms with E-state index >= 15 is 0 Å². The van der Waals surface area contributed by atoms with Crippen LogP contribution in [0.4, 0.5) is 4.39 Å². The summed E-state index contributed by atoms with van der Waals surface area (Å²) < 4.78 is 13.6. The van der Waals surface area contributed by atoms with E-state index in [4.69, 9.17) is 0 Å². The largest absolute Gasteiger partial charge is 0.228 e. The van der Waals surface area contributed by atoms with Crippen molar-refractivity contribution in [1.82, 2.24) is 9.97 Å². The van der Waals surface area contributed by atoms with Crippen LogP contribution < -0.4 is 0 Å². The topological polar surface area (TPSA) is 25.8 Å². The molecule has 2 aromatic rings. The lowest BCUT2D eigenvalue weighted by Gasteiger charge is -2.07. The Morgan fingerprint density at radius 2 is 1.79 bits per heavy atom. The molecule has 19 heavy (non-hydrogen) atoms. The van der Waals surface area contributed by atoms with Crippen LogP contribution >= 0.6 is 27.7 Å². The Morgan fingerprint density at radius 1 is 1.16 bits per heavy atom. The third kappa shape index (κ3) is 3.54. The maximum atomic E-state index is 13.1. The predicted octanol–water partition coefficient (Wildman–Crippen LogP) is 4.60. The third-order valence-corrected chi connectivity index (χ3v) is 4.49. The van der Waals surface area contributed by atoms with Crippen molar-refractivity contribution in [1.29, 1.82) is 0 Å². The smallest absolute Gasteiger partial charge is 0.188 e. The summed E-state index contributed by atoms with van der Waals surface area (Å²) >= 11 is 4.75. The standard InChI is InChI=1S/C14H14BrFN2S/c1-8-9(2)17-14(18-10(8)3)19-7-11-4-5-13(16)12(15)6-11/h4-6H,7H2,1-3H3. The molecule has 0 aliphatic heterocycles. The number of halogens is 2. The van der Waals surface area contributed by atoms with Gasteiger partial charge in [0.2, 0.25) is 0 Å². The van der Waals surface area contributed by atoms with Crippen LogP contribution in [0.3, 0.4) is 0 Å². The molecule has 0 saturated heterocycles. The van der Waals surface area contributed by atoms with Crippen LogP contribution in [0.1, 0.15) is 22.5 Å². The molecule has 2 rings (SSSR count). The molecule has 0 saturated carbocycles. The number of thioether (sulfide) groups is 1. The fourth-order valence-corrected chi connectivity index (χ4v) is 2.89. The summed E-state index contributed by atoms with van der Waals surface area (Å²) in [5.41, 5.74) is 4.19. The highest BCUT2D eigenvalue weighted by Crippen LogP contribution is 2.24. The lowest BCUT2D eigenvalue weighted by molar-refractivity contribution is 0.620. The van der Waals surface area contributed by atoms with E-state index in [9.17, 15) is 4.39 Å². The fraction of sp³-hybridized carbons (Fsp3) is 0.286. The minimum atomic E-state index is -0.243. The molecule has 0 aliphatic rings. The van der Waals surface area contributed by atoms with Gasteiger partial charge in [0.1, 0.15) is 5.82 Å². The normalized spacial score (nSPS) is 10.8. The zero-order valence-corrected chi connectivity index (χ0v) is 13.4. The Bertz CT molecular complexity index is 593. The van der Waals surface area contributed by atoms with Crippen LogP contribution in [0.15, 0.2) is 27.8 Å². The van der Waals surface area contributed by atoms with Crippen LogP contribution in [0, 0.1) is 26.6 Å². The average molecular weight is 341 g/mol. The van der Waals surface area contributed by atoms with Gasteiger partial charge in [-0.15, -0.1) is 0 Å². The van der Waals surface area contributed by atoms with Gasteiger partial charge in [0.25, 0.3) is 0 Å². The van der Waals surface area contributed by atoms with Gasteiger partial charge in [-0.1, -0.05) is 17.8 Å². The average Bonchev–Trinajstić information content (AvgIpc) is 2.37. The van der Waals surface area contributed by atoms with Crippen LogP contribution in [0.5, 0.6) is 0 Å². The second-order valence-corrected chi connectivity index (χ2v) is 6.14. The quantitative estimate of drug-likeness (QED) is 0.603. The Labute approximate surface area is 125 Å². The summed E-state index contributed by atoms with van der Waals surface area (Å²) in [6, 6.07) is 5.03. The maximum Gasteiger partial charge on any atom is 0.188 e. The monoisotopic (exact) mass is 340 g/mol. The molecule has 1 heterocycles. The summed E-state index contributed by atoms with van der Waals surface area (Å²) in [5.74, 6) is 0.480. The number of rotatable bonds is 3. The molecular weight excluding hydrogens is 327 g/mol. The van der Waals surface area contributed by atoms with Gasteiger partial charge < -0.3 is 0 Å². The first-order valence-corrected chi connectivity index (χ1v) is 7.64. The van der Waals surface area contributed by atoms with E-state index in [0.717, 1.165) is 33.4 Å². The molecule has 1 aromatic heterocycles. The Morgan fingerprint density at radius 3 is 2.37 bits per heavy atom. The minimum absolute atomic E-state index is 0.243. The number of hydrogen-bond acceptors (Lipinski definition) is 3. The summed E-state index contributed by atoms with van der Waals surface area (Å²) in [6.07, 6.45) is 0. The first kappa shape index (κ1) is 14.5. The lowest BCUT2D eigenvalue weighted by atomic mass is 10.2. The van der Waals surface area contributed by atoms with Crippen LogP contribution in [-0.2, 0) is 5.75 Å². The molecule has 2 nitrogen and oxygen atoms in total. The highest BCUT2D eigenvalue weighted by atomic mass is 79.9. The number of nitrogens with zero attached hydrogens (tertiary/aromatic N) is 2. The molecule has 0 bridgehead atoms. The number of aryl methyl sites for hydroxylation is 2. The molecule has 0 atom stereocenters. The first-order valence-electron chi connectivity index (χ1n) is 5.86. The molecule has 1 aromatic carbocycles. The Balaban J connectivity index is 2.12. The van der Waals surface area contributed by atoms with E-state index in [0.29, 0.717) is 4.47 Å². The van der Waals surface area contributed by atoms with Gasteiger partial charge in [-0.05, 0) is 60.0 Å². The van der Waals surface area contributed by atoms with Gasteiger partial charge in [0.05, 0.1) is 4.47 Å². The summed E-state index contributed by atoms with van der Waals surface area (Å²) in [7, 11) is 0. The van der Waals surface area contributed by atoms with Gasteiger partial charge in [-0.2, -0.15) is 0 Å². The number of aromatic nitrogens is 2. The molecule has 0 radical (unpaired) electrons. The van der Waals surface area contributed by atoms with Gasteiger partial charge in [-0.3, -0.25) is 0 Å². The molecule has 0 unspecified atom stereocenters. The van der Waals surface area contributed by atoms with E-state index in [1.807, 2.05) is 20.8 Å². The molecule has 0 fully saturated rings. The highest BCUT2D eigenvalue weighted by molar-refractivity contribution is 9.10. The molecule has 100 valence electrons. The van der Waals surface area contributed by atoms with Gasteiger partial charge in [0.15, 0.2) is 5.16 Å². The second-order valence-electron chi connectivity index (χ2n) is 4.34. The Kier molecular flexibility index (Phi) is 4.58. The van der Waals surface area contributed by atoms with Crippen molar-refractivity contribution < 1.29 is 4.39 Å². The number of benzene rings is 1. The zero-order valence-electron chi connectivity index (χ0n) is 11.0. The Hall–Kier alpha value is -0.940. The minimum Gasteiger partial charge on any atom is -0.228 e. The van der Waals surface area contributed by atoms with E-state index in [2.05, 4.69) is 25.9 Å². The number of hydrogen-bond donors (Lipinski definition) is 0. The van der Waals surface area contributed by atoms with Gasteiger partial charge >= 0.3 is 0 Å². The second kappa shape index (κ2) is 6.01. The predicted molar refractivity (Wildman–Crippen MR) is 79.9 cm³/mol. The van der Waals surface area contributed by atoms with Crippen molar-refractivity contribution >= 4 is 27.7 Å². The molecule has 0 amide bonds.